The first kappa shape index (κ1) is 21.5. The summed E-state index contributed by atoms with van der Waals surface area (Å²) in [5.41, 5.74) is 2.21. The fourth-order valence-corrected chi connectivity index (χ4v) is 3.29. The van der Waals surface area contributed by atoms with Gasteiger partial charge in [-0.15, -0.1) is 0 Å². The monoisotopic (exact) mass is 567 g/mol. The van der Waals surface area contributed by atoms with Crippen LogP contribution in [0.4, 0.5) is 0 Å². The van der Waals surface area contributed by atoms with Gasteiger partial charge in [0.05, 0.1) is 25.5 Å². The van der Waals surface area contributed by atoms with Crippen LogP contribution in [0.5, 0.6) is 5.75 Å². The van der Waals surface area contributed by atoms with E-state index in [2.05, 4.69) is 28.1 Å². The molecule has 8 heteroatoms. The van der Waals surface area contributed by atoms with E-state index in [9.17, 15) is 9.67 Å². The first-order valence-corrected chi connectivity index (χ1v) is 17.6. The normalized spacial score (nSPS) is 17.3. The van der Waals surface area contributed by atoms with Gasteiger partial charge in [0.2, 0.25) is 5.79 Å². The van der Waals surface area contributed by atoms with E-state index >= 15 is 0 Å². The van der Waals surface area contributed by atoms with Crippen molar-refractivity contribution >= 4 is 47.0 Å². The van der Waals surface area contributed by atoms with Crippen molar-refractivity contribution in [2.45, 2.75) is 39.3 Å². The summed E-state index contributed by atoms with van der Waals surface area (Å²) in [5, 5.41) is 10.3. The Labute approximate surface area is 157 Å². The summed E-state index contributed by atoms with van der Waals surface area (Å²) in [6.45, 7) is 9.23. The molecule has 0 saturated heterocycles. The standard InChI is InChI=1S/C14H22NO4P.CH2I2/c1-9-13-11(7-18-14(2,3)19-13)10(6-15-9)12(16)8-20(4,5)17;1-3-2/h6,12,16H,7-8H2,1-5H3;1H2. The van der Waals surface area contributed by atoms with Crippen molar-refractivity contribution in [2.75, 3.05) is 19.5 Å². The molecule has 2 heterocycles. The van der Waals surface area contributed by atoms with Crippen molar-refractivity contribution in [1.82, 2.24) is 4.98 Å². The molecule has 1 aliphatic rings. The van der Waals surface area contributed by atoms with Crippen LogP contribution in [-0.4, -0.2) is 39.9 Å². The molecule has 1 aromatic heterocycles. The number of fused-ring (bicyclic) bond motifs is 1. The molecule has 5 nitrogen and oxygen atoms in total. The van der Waals surface area contributed by atoms with Gasteiger partial charge in [0, 0.05) is 37.3 Å². The largest absolute Gasteiger partial charge is 0.461 e. The maximum Gasteiger partial charge on any atom is 0.205 e. The number of nitrogens with zero attached hydrogens (tertiary/aromatic N) is 1. The van der Waals surface area contributed by atoms with Gasteiger partial charge in [0.25, 0.3) is 0 Å². The number of rotatable bonds is 3. The lowest BCUT2D eigenvalue weighted by Gasteiger charge is -2.34. The average Bonchev–Trinajstić information content (AvgIpc) is 2.38. The van der Waals surface area contributed by atoms with E-state index in [4.69, 9.17) is 9.47 Å². The van der Waals surface area contributed by atoms with Gasteiger partial charge in [-0.25, -0.2) is 0 Å². The lowest BCUT2D eigenvalue weighted by Crippen LogP contribution is -2.36. The molecule has 1 N–H and O–H groups in total. The lowest BCUT2D eigenvalue weighted by molar-refractivity contribution is -0.181. The Bertz CT molecular complexity index is 616. The molecule has 1 unspecified atom stereocenters. The van der Waals surface area contributed by atoms with Crippen LogP contribution in [-0.2, 0) is 15.9 Å². The van der Waals surface area contributed by atoms with E-state index < -0.39 is 19.0 Å². The molecule has 0 radical (unpaired) electrons. The fourth-order valence-electron chi connectivity index (χ4n) is 2.26. The Balaban J connectivity index is 0.000000816. The number of aromatic nitrogens is 1. The molecule has 0 aliphatic carbocycles. The molecule has 0 saturated carbocycles. The minimum absolute atomic E-state index is 0.230. The molecule has 1 aromatic rings. The van der Waals surface area contributed by atoms with Gasteiger partial charge in [-0.1, -0.05) is 21.3 Å². The van der Waals surface area contributed by atoms with Gasteiger partial charge in [-0.05, 0) is 38.9 Å². The van der Waals surface area contributed by atoms with Gasteiger partial charge >= 0.3 is 0 Å². The van der Waals surface area contributed by atoms with Crippen LogP contribution in [0, 0.1) is 6.92 Å². The topological polar surface area (TPSA) is 68.7 Å². The SMILES string of the molecule is C=II.Cc1ncc(C(O)CP(C)(C)=O)c2c1OC(C)(C)OC2. The van der Waals surface area contributed by atoms with Crippen molar-refractivity contribution < 1.29 is 19.1 Å². The molecule has 0 fully saturated rings. The highest BCUT2D eigenvalue weighted by Crippen LogP contribution is 2.43. The van der Waals surface area contributed by atoms with Crippen LogP contribution < -0.4 is 4.74 Å². The summed E-state index contributed by atoms with van der Waals surface area (Å²) >= 11 is 2.60. The molecule has 0 spiro atoms. The second kappa shape index (κ2) is 8.69. The number of halogens is 2. The highest BCUT2D eigenvalue weighted by Gasteiger charge is 2.32. The Morgan fingerprint density at radius 3 is 2.65 bits per heavy atom. The van der Waals surface area contributed by atoms with Crippen molar-refractivity contribution in [3.8, 4) is 5.75 Å². The zero-order valence-electron chi connectivity index (χ0n) is 14.1. The van der Waals surface area contributed by atoms with Gasteiger partial charge in [-0.2, -0.15) is 0 Å². The van der Waals surface area contributed by atoms with Crippen molar-refractivity contribution in [3.63, 3.8) is 0 Å². The average molecular weight is 567 g/mol. The minimum atomic E-state index is -2.32. The quantitative estimate of drug-likeness (QED) is 0.433. The van der Waals surface area contributed by atoms with E-state index in [-0.39, 0.29) is 6.16 Å². The molecular weight excluding hydrogens is 543 g/mol. The van der Waals surface area contributed by atoms with E-state index in [0.717, 1.165) is 11.3 Å². The molecule has 23 heavy (non-hydrogen) atoms. The molecule has 0 amide bonds. The van der Waals surface area contributed by atoms with Crippen LogP contribution in [0.2, 0.25) is 0 Å². The number of ether oxygens (including phenoxy) is 2. The van der Waals surface area contributed by atoms with Gasteiger partial charge in [0.15, 0.2) is 0 Å². The van der Waals surface area contributed by atoms with Crippen molar-refractivity contribution in [1.29, 1.82) is 0 Å². The fraction of sp³-hybridized carbons (Fsp3) is 0.600. The summed E-state index contributed by atoms with van der Waals surface area (Å²) < 4.78 is 26.9. The molecule has 2 rings (SSSR count). The minimum Gasteiger partial charge on any atom is -0.461 e. The zero-order valence-corrected chi connectivity index (χ0v) is 19.3. The molecule has 1 aliphatic heterocycles. The first-order chi connectivity index (χ1) is 10.5. The Kier molecular flexibility index (Phi) is 8.11. The van der Waals surface area contributed by atoms with Crippen LogP contribution in [0.15, 0.2) is 6.20 Å². The summed E-state index contributed by atoms with van der Waals surface area (Å²) in [7, 11) is -2.32. The van der Waals surface area contributed by atoms with Gasteiger partial charge < -0.3 is 19.1 Å². The van der Waals surface area contributed by atoms with Crippen LogP contribution in [0.3, 0.4) is 0 Å². The third-order valence-electron chi connectivity index (χ3n) is 3.23. The molecular formula is C15H24I2NO4P. The van der Waals surface area contributed by atoms with E-state index in [1.165, 1.54) is 0 Å². The molecule has 132 valence electrons. The number of aryl methyl sites for hydroxylation is 1. The summed E-state index contributed by atoms with van der Waals surface area (Å²) in [4.78, 5) is 4.28. The number of hydrogen-bond donors (Lipinski definition) is 1. The Morgan fingerprint density at radius 1 is 1.57 bits per heavy atom. The van der Waals surface area contributed by atoms with Crippen LogP contribution in [0.25, 0.3) is 0 Å². The van der Waals surface area contributed by atoms with Crippen molar-refractivity contribution in [2.24, 2.45) is 0 Å². The van der Waals surface area contributed by atoms with Gasteiger partial charge in [-0.3, -0.25) is 4.98 Å². The number of hydrogen-bond acceptors (Lipinski definition) is 5. The van der Waals surface area contributed by atoms with E-state index in [0.29, 0.717) is 34.7 Å². The highest BCUT2D eigenvalue weighted by atomic mass is 128. The van der Waals surface area contributed by atoms with Crippen LogP contribution in [0.1, 0.15) is 36.8 Å². The first-order valence-electron chi connectivity index (χ1n) is 7.03. The Hall–Kier alpha value is 0.430. The summed E-state index contributed by atoms with van der Waals surface area (Å²) in [6, 6.07) is 0. The third-order valence-corrected chi connectivity index (χ3v) is 4.46. The molecule has 1 atom stereocenters. The van der Waals surface area contributed by atoms with Gasteiger partial charge in [0.1, 0.15) is 5.75 Å². The second-order valence-electron chi connectivity index (χ2n) is 6.27. The third kappa shape index (κ3) is 6.68. The highest BCUT2D eigenvalue weighted by molar-refractivity contribution is 15.0. The second-order valence-corrected chi connectivity index (χ2v) is 14.2. The zero-order chi connectivity index (χ0) is 17.8. The smallest absolute Gasteiger partial charge is 0.205 e. The predicted molar refractivity (Wildman–Crippen MR) is 113 cm³/mol. The maximum atomic E-state index is 11.9. The van der Waals surface area contributed by atoms with E-state index in [1.807, 2.05) is 20.8 Å². The van der Waals surface area contributed by atoms with E-state index in [1.54, 1.807) is 19.5 Å². The number of aliphatic hydroxyl groups is 1. The maximum absolute atomic E-state index is 11.9. The Morgan fingerprint density at radius 2 is 2.13 bits per heavy atom. The summed E-state index contributed by atoms with van der Waals surface area (Å²) in [6.07, 6.45) is 1.04. The molecule has 0 bridgehead atoms. The summed E-state index contributed by atoms with van der Waals surface area (Å²) in [5.74, 6) is -0.0341. The number of aliphatic hydroxyl groups excluding tert-OH is 1. The van der Waals surface area contributed by atoms with Crippen LogP contribution >= 0.6 is 42.5 Å². The predicted octanol–water partition coefficient (Wildman–Crippen LogP) is 4.43. The number of pyridine rings is 1. The molecule has 0 aromatic carbocycles. The van der Waals surface area contributed by atoms with Crippen molar-refractivity contribution in [3.05, 3.63) is 23.0 Å². The lowest BCUT2D eigenvalue weighted by atomic mass is 10.0.